The van der Waals surface area contributed by atoms with Crippen LogP contribution in [-0.2, 0) is 4.79 Å². The summed E-state index contributed by atoms with van der Waals surface area (Å²) in [6.45, 7) is 0.435. The highest BCUT2D eigenvalue weighted by Crippen LogP contribution is 2.31. The van der Waals surface area contributed by atoms with Crippen molar-refractivity contribution in [3.8, 4) is 11.5 Å². The van der Waals surface area contributed by atoms with Crippen LogP contribution in [0.15, 0.2) is 18.2 Å². The van der Waals surface area contributed by atoms with Crippen molar-refractivity contribution >= 4 is 11.9 Å². The number of hydrogen-bond acceptors (Lipinski definition) is 4. The van der Waals surface area contributed by atoms with Crippen LogP contribution in [0.1, 0.15) is 29.6 Å². The fraction of sp³-hybridized carbons (Fsp3) is 0.385. The first kappa shape index (κ1) is 13.2. The maximum Gasteiger partial charge on any atom is 0.305 e. The molecule has 1 aromatic carbocycles. The van der Waals surface area contributed by atoms with Gasteiger partial charge in [0.1, 0.15) is 17.1 Å². The van der Waals surface area contributed by atoms with Gasteiger partial charge in [-0.3, -0.25) is 9.59 Å². The van der Waals surface area contributed by atoms with Gasteiger partial charge in [0.05, 0.1) is 6.42 Å². The zero-order valence-electron chi connectivity index (χ0n) is 10.2. The van der Waals surface area contributed by atoms with E-state index in [1.807, 2.05) is 0 Å². The van der Waals surface area contributed by atoms with Crippen molar-refractivity contribution in [2.24, 2.45) is 0 Å². The van der Waals surface area contributed by atoms with E-state index >= 15 is 0 Å². The molecule has 6 heteroatoms. The van der Waals surface area contributed by atoms with Gasteiger partial charge in [-0.05, 0) is 25.0 Å². The molecule has 3 N–H and O–H groups in total. The lowest BCUT2D eigenvalue weighted by Gasteiger charge is -2.24. The van der Waals surface area contributed by atoms with Gasteiger partial charge >= 0.3 is 5.97 Å². The predicted octanol–water partition coefficient (Wildman–Crippen LogP) is 1.18. The van der Waals surface area contributed by atoms with Gasteiger partial charge in [0.15, 0.2) is 0 Å². The largest absolute Gasteiger partial charge is 0.507 e. The number of phenols is 2. The standard InChI is InChI=1S/C13H15NO5/c15-9-4-1-5-10(16)12(9)13(19)14-6-2-3-8(14)7-11(17)18/h1,4-5,8,15-16H,2-3,6-7H2,(H,17,18). The molecule has 0 saturated carbocycles. The minimum atomic E-state index is -0.966. The maximum atomic E-state index is 12.3. The van der Waals surface area contributed by atoms with E-state index in [0.717, 1.165) is 6.42 Å². The van der Waals surface area contributed by atoms with Crippen molar-refractivity contribution in [1.82, 2.24) is 4.90 Å². The van der Waals surface area contributed by atoms with Gasteiger partial charge in [-0.25, -0.2) is 0 Å². The van der Waals surface area contributed by atoms with Crippen molar-refractivity contribution < 1.29 is 24.9 Å². The summed E-state index contributed by atoms with van der Waals surface area (Å²) in [5.41, 5.74) is -0.167. The van der Waals surface area contributed by atoms with Crippen molar-refractivity contribution in [3.05, 3.63) is 23.8 Å². The lowest BCUT2D eigenvalue weighted by atomic mass is 10.1. The van der Waals surface area contributed by atoms with E-state index in [1.54, 1.807) is 0 Å². The Morgan fingerprint density at radius 2 is 1.89 bits per heavy atom. The molecule has 0 aromatic heterocycles. The molecule has 1 aromatic rings. The van der Waals surface area contributed by atoms with Gasteiger partial charge in [-0.2, -0.15) is 0 Å². The molecule has 1 unspecified atom stereocenters. The molecule has 1 fully saturated rings. The third-order valence-corrected chi connectivity index (χ3v) is 3.28. The molecule has 0 aliphatic carbocycles. The molecule has 1 heterocycles. The molecule has 1 aliphatic rings. The summed E-state index contributed by atoms with van der Waals surface area (Å²) in [6, 6.07) is 3.67. The Balaban J connectivity index is 2.26. The van der Waals surface area contributed by atoms with Crippen LogP contribution in [0.4, 0.5) is 0 Å². The number of phenolic OH excluding ortho intramolecular Hbond substituents is 2. The molecule has 1 amide bonds. The second-order valence-electron chi connectivity index (χ2n) is 4.56. The highest BCUT2D eigenvalue weighted by Gasteiger charge is 2.33. The molecule has 2 rings (SSSR count). The smallest absolute Gasteiger partial charge is 0.305 e. The van der Waals surface area contributed by atoms with Crippen LogP contribution in [0.25, 0.3) is 0 Å². The summed E-state index contributed by atoms with van der Waals surface area (Å²) >= 11 is 0. The van der Waals surface area contributed by atoms with E-state index < -0.39 is 11.9 Å². The molecular weight excluding hydrogens is 250 g/mol. The quantitative estimate of drug-likeness (QED) is 0.762. The van der Waals surface area contributed by atoms with Crippen LogP contribution in [0.2, 0.25) is 0 Å². The molecule has 1 atom stereocenters. The third-order valence-electron chi connectivity index (χ3n) is 3.28. The second-order valence-corrected chi connectivity index (χ2v) is 4.56. The highest BCUT2D eigenvalue weighted by atomic mass is 16.4. The van der Waals surface area contributed by atoms with E-state index in [0.29, 0.717) is 13.0 Å². The van der Waals surface area contributed by atoms with Crippen molar-refractivity contribution in [1.29, 1.82) is 0 Å². The van der Waals surface area contributed by atoms with Crippen LogP contribution in [0, 0.1) is 0 Å². The van der Waals surface area contributed by atoms with Gasteiger partial charge in [0, 0.05) is 12.6 Å². The van der Waals surface area contributed by atoms with Gasteiger partial charge in [0.25, 0.3) is 5.91 Å². The van der Waals surface area contributed by atoms with Crippen LogP contribution < -0.4 is 0 Å². The molecule has 0 radical (unpaired) electrons. The molecule has 19 heavy (non-hydrogen) atoms. The first-order valence-corrected chi connectivity index (χ1v) is 6.04. The van der Waals surface area contributed by atoms with Crippen LogP contribution in [0.3, 0.4) is 0 Å². The lowest BCUT2D eigenvalue weighted by Crippen LogP contribution is -2.36. The van der Waals surface area contributed by atoms with E-state index in [2.05, 4.69) is 0 Å². The summed E-state index contributed by atoms with van der Waals surface area (Å²) < 4.78 is 0. The summed E-state index contributed by atoms with van der Waals surface area (Å²) in [5, 5.41) is 28.1. The fourth-order valence-electron chi connectivity index (χ4n) is 2.41. The number of aliphatic carboxylic acids is 1. The number of likely N-dealkylation sites (tertiary alicyclic amines) is 1. The van der Waals surface area contributed by atoms with Crippen molar-refractivity contribution in [2.75, 3.05) is 6.54 Å². The number of benzene rings is 1. The monoisotopic (exact) mass is 265 g/mol. The average molecular weight is 265 g/mol. The number of nitrogens with zero attached hydrogens (tertiary/aromatic N) is 1. The number of carboxylic acids is 1. The normalized spacial score (nSPS) is 18.5. The average Bonchev–Trinajstić information content (AvgIpc) is 2.75. The number of hydrogen-bond donors (Lipinski definition) is 3. The lowest BCUT2D eigenvalue weighted by molar-refractivity contribution is -0.137. The molecule has 1 saturated heterocycles. The fourth-order valence-corrected chi connectivity index (χ4v) is 2.41. The maximum absolute atomic E-state index is 12.3. The number of aromatic hydroxyl groups is 2. The Kier molecular flexibility index (Phi) is 3.59. The first-order valence-electron chi connectivity index (χ1n) is 6.04. The van der Waals surface area contributed by atoms with Crippen LogP contribution in [-0.4, -0.2) is 44.7 Å². The molecule has 0 bridgehead atoms. The second kappa shape index (κ2) is 5.17. The van der Waals surface area contributed by atoms with Gasteiger partial charge in [-0.1, -0.05) is 6.07 Å². The molecular formula is C13H15NO5. The van der Waals surface area contributed by atoms with Crippen molar-refractivity contribution in [3.63, 3.8) is 0 Å². The number of carbonyl (C=O) groups is 2. The number of carboxylic acid groups (broad SMARTS) is 1. The Hall–Kier alpha value is -2.24. The zero-order chi connectivity index (χ0) is 14.0. The predicted molar refractivity (Wildman–Crippen MR) is 66.1 cm³/mol. The molecule has 6 nitrogen and oxygen atoms in total. The molecule has 102 valence electrons. The summed E-state index contributed by atoms with van der Waals surface area (Å²) in [4.78, 5) is 24.5. The van der Waals surface area contributed by atoms with E-state index in [1.165, 1.54) is 23.1 Å². The molecule has 1 aliphatic heterocycles. The number of amides is 1. The number of carbonyl (C=O) groups excluding carboxylic acids is 1. The van der Waals surface area contributed by atoms with Crippen molar-refractivity contribution in [2.45, 2.75) is 25.3 Å². The van der Waals surface area contributed by atoms with Crippen LogP contribution in [0.5, 0.6) is 11.5 Å². The minimum absolute atomic E-state index is 0.125. The van der Waals surface area contributed by atoms with E-state index in [4.69, 9.17) is 5.11 Å². The SMILES string of the molecule is O=C(O)CC1CCCN1C(=O)c1c(O)cccc1O. The summed E-state index contributed by atoms with van der Waals surface area (Å²) in [6.07, 6.45) is 1.21. The Bertz CT molecular complexity index is 494. The van der Waals surface area contributed by atoms with Gasteiger partial charge in [0.2, 0.25) is 0 Å². The highest BCUT2D eigenvalue weighted by molar-refractivity contribution is 5.99. The van der Waals surface area contributed by atoms with E-state index in [-0.39, 0.29) is 29.5 Å². The van der Waals surface area contributed by atoms with Crippen LogP contribution >= 0.6 is 0 Å². The Morgan fingerprint density at radius 3 is 2.47 bits per heavy atom. The topological polar surface area (TPSA) is 98.1 Å². The van der Waals surface area contributed by atoms with Gasteiger partial charge < -0.3 is 20.2 Å². The Morgan fingerprint density at radius 1 is 1.26 bits per heavy atom. The summed E-state index contributed by atoms with van der Waals surface area (Å²) in [7, 11) is 0. The molecule has 0 spiro atoms. The van der Waals surface area contributed by atoms with E-state index in [9.17, 15) is 19.8 Å². The summed E-state index contributed by atoms with van der Waals surface area (Å²) in [5.74, 6) is -2.09. The minimum Gasteiger partial charge on any atom is -0.507 e. The third kappa shape index (κ3) is 2.62. The zero-order valence-corrected chi connectivity index (χ0v) is 10.2. The number of rotatable bonds is 3. The Labute approximate surface area is 109 Å². The van der Waals surface area contributed by atoms with Gasteiger partial charge in [-0.15, -0.1) is 0 Å². The first-order chi connectivity index (χ1) is 9.00.